The van der Waals surface area contributed by atoms with Crippen LogP contribution in [0.2, 0.25) is 0 Å². The zero-order chi connectivity index (χ0) is 11.7. The van der Waals surface area contributed by atoms with E-state index in [1.54, 1.807) is 11.4 Å². The van der Waals surface area contributed by atoms with E-state index in [1.165, 1.54) is 23.5 Å². The molecule has 0 saturated heterocycles. The van der Waals surface area contributed by atoms with Crippen LogP contribution in [-0.2, 0) is 0 Å². The van der Waals surface area contributed by atoms with Gasteiger partial charge in [-0.05, 0) is 34.1 Å². The van der Waals surface area contributed by atoms with E-state index in [-0.39, 0.29) is 5.56 Å². The second-order valence-corrected chi connectivity index (χ2v) is 4.89. The number of carbonyl (C=O) groups is 1. The third-order valence-corrected chi connectivity index (χ3v) is 3.68. The van der Waals surface area contributed by atoms with Crippen LogP contribution in [-0.4, -0.2) is 5.78 Å². The minimum atomic E-state index is -1.10. The average Bonchev–Trinajstić information content (AvgIpc) is 2.68. The Morgan fingerprint density at radius 3 is 2.69 bits per heavy atom. The number of ketones is 1. The molecule has 0 aliphatic rings. The first-order chi connectivity index (χ1) is 7.59. The molecule has 0 radical (unpaired) electrons. The van der Waals surface area contributed by atoms with Crippen LogP contribution in [0.5, 0.6) is 0 Å². The van der Waals surface area contributed by atoms with E-state index in [2.05, 4.69) is 15.9 Å². The molecule has 1 aromatic heterocycles. The summed E-state index contributed by atoms with van der Waals surface area (Å²) in [6, 6.07) is 5.15. The molecule has 1 nitrogen and oxygen atoms in total. The van der Waals surface area contributed by atoms with Gasteiger partial charge in [0, 0.05) is 9.85 Å². The molecule has 0 bridgehead atoms. The SMILES string of the molecule is O=C(c1cc(Br)cs1)c1cccc(F)c1F. The van der Waals surface area contributed by atoms with E-state index < -0.39 is 17.4 Å². The van der Waals surface area contributed by atoms with Crippen molar-refractivity contribution in [3.05, 3.63) is 56.2 Å². The first-order valence-corrected chi connectivity index (χ1v) is 5.99. The summed E-state index contributed by atoms with van der Waals surface area (Å²) in [5, 5.41) is 1.71. The molecule has 0 aliphatic heterocycles. The largest absolute Gasteiger partial charge is 0.288 e. The van der Waals surface area contributed by atoms with E-state index in [9.17, 15) is 13.6 Å². The zero-order valence-electron chi connectivity index (χ0n) is 7.84. The molecule has 0 fully saturated rings. The third-order valence-electron chi connectivity index (χ3n) is 1.99. The van der Waals surface area contributed by atoms with Crippen LogP contribution in [0, 0.1) is 11.6 Å². The van der Waals surface area contributed by atoms with Gasteiger partial charge in [0.05, 0.1) is 10.4 Å². The number of benzene rings is 1. The minimum Gasteiger partial charge on any atom is -0.288 e. The Morgan fingerprint density at radius 1 is 1.31 bits per heavy atom. The molecule has 82 valence electrons. The molecule has 0 unspecified atom stereocenters. The van der Waals surface area contributed by atoms with Gasteiger partial charge in [-0.1, -0.05) is 6.07 Å². The fraction of sp³-hybridized carbons (Fsp3) is 0. The van der Waals surface area contributed by atoms with Gasteiger partial charge in [0.2, 0.25) is 5.78 Å². The second kappa shape index (κ2) is 4.43. The Bertz CT molecular complexity index is 551. The van der Waals surface area contributed by atoms with Crippen LogP contribution in [0.3, 0.4) is 0 Å². The van der Waals surface area contributed by atoms with Crippen LogP contribution in [0.4, 0.5) is 8.78 Å². The maximum atomic E-state index is 13.3. The van der Waals surface area contributed by atoms with Crippen molar-refractivity contribution in [2.75, 3.05) is 0 Å². The lowest BCUT2D eigenvalue weighted by Crippen LogP contribution is -2.03. The van der Waals surface area contributed by atoms with Crippen LogP contribution >= 0.6 is 27.3 Å². The summed E-state index contributed by atoms with van der Waals surface area (Å²) in [5.74, 6) is -2.62. The van der Waals surface area contributed by atoms with Crippen molar-refractivity contribution in [1.82, 2.24) is 0 Å². The average molecular weight is 303 g/mol. The fourth-order valence-electron chi connectivity index (χ4n) is 1.24. The smallest absolute Gasteiger partial charge is 0.206 e. The predicted octanol–water partition coefficient (Wildman–Crippen LogP) is 4.02. The van der Waals surface area contributed by atoms with Crippen molar-refractivity contribution in [3.63, 3.8) is 0 Å². The van der Waals surface area contributed by atoms with Gasteiger partial charge < -0.3 is 0 Å². The predicted molar refractivity (Wildman–Crippen MR) is 61.8 cm³/mol. The van der Waals surface area contributed by atoms with Gasteiger partial charge in [-0.25, -0.2) is 8.78 Å². The normalized spacial score (nSPS) is 10.4. The van der Waals surface area contributed by atoms with E-state index in [0.29, 0.717) is 4.88 Å². The molecule has 0 spiro atoms. The molecule has 2 aromatic rings. The van der Waals surface area contributed by atoms with Crippen molar-refractivity contribution in [2.45, 2.75) is 0 Å². The zero-order valence-corrected chi connectivity index (χ0v) is 10.2. The maximum absolute atomic E-state index is 13.3. The van der Waals surface area contributed by atoms with Gasteiger partial charge in [-0.2, -0.15) is 0 Å². The molecule has 5 heteroatoms. The Labute approximate surface area is 103 Å². The molecule has 0 atom stereocenters. The van der Waals surface area contributed by atoms with E-state index in [0.717, 1.165) is 10.5 Å². The number of rotatable bonds is 2. The van der Waals surface area contributed by atoms with Crippen molar-refractivity contribution in [1.29, 1.82) is 0 Å². The van der Waals surface area contributed by atoms with Crippen LogP contribution in [0.1, 0.15) is 15.2 Å². The van der Waals surface area contributed by atoms with E-state index in [4.69, 9.17) is 0 Å². The van der Waals surface area contributed by atoms with Crippen LogP contribution in [0.15, 0.2) is 34.1 Å². The monoisotopic (exact) mass is 302 g/mol. The number of hydrogen-bond donors (Lipinski definition) is 0. The summed E-state index contributed by atoms with van der Waals surface area (Å²) in [7, 11) is 0. The van der Waals surface area contributed by atoms with Gasteiger partial charge >= 0.3 is 0 Å². The summed E-state index contributed by atoms with van der Waals surface area (Å²) in [4.78, 5) is 12.2. The lowest BCUT2D eigenvalue weighted by Gasteiger charge is -2.00. The summed E-state index contributed by atoms with van der Waals surface area (Å²) in [6.07, 6.45) is 0. The molecule has 0 amide bonds. The highest BCUT2D eigenvalue weighted by Crippen LogP contribution is 2.24. The topological polar surface area (TPSA) is 17.1 Å². The summed E-state index contributed by atoms with van der Waals surface area (Å²) in [5.41, 5.74) is -0.241. The Morgan fingerprint density at radius 2 is 2.06 bits per heavy atom. The summed E-state index contributed by atoms with van der Waals surface area (Å²) in [6.45, 7) is 0. The lowest BCUT2D eigenvalue weighted by atomic mass is 10.1. The minimum absolute atomic E-state index is 0.241. The standard InChI is InChI=1S/C11H5BrF2OS/c12-6-4-9(16-5-6)11(15)7-2-1-3-8(13)10(7)14/h1-5H. The van der Waals surface area contributed by atoms with E-state index >= 15 is 0 Å². The van der Waals surface area contributed by atoms with Gasteiger partial charge in [0.1, 0.15) is 0 Å². The van der Waals surface area contributed by atoms with Crippen molar-refractivity contribution in [3.8, 4) is 0 Å². The highest BCUT2D eigenvalue weighted by Gasteiger charge is 2.17. The van der Waals surface area contributed by atoms with Gasteiger partial charge in [0.25, 0.3) is 0 Å². The second-order valence-electron chi connectivity index (χ2n) is 3.06. The fourth-order valence-corrected chi connectivity index (χ4v) is 2.62. The number of thiophene rings is 1. The third kappa shape index (κ3) is 2.05. The first-order valence-electron chi connectivity index (χ1n) is 4.32. The maximum Gasteiger partial charge on any atom is 0.206 e. The van der Waals surface area contributed by atoms with E-state index in [1.807, 2.05) is 0 Å². The molecule has 0 saturated carbocycles. The lowest BCUT2D eigenvalue weighted by molar-refractivity contribution is 0.103. The number of halogens is 3. The van der Waals surface area contributed by atoms with Crippen molar-refractivity contribution in [2.24, 2.45) is 0 Å². The highest BCUT2D eigenvalue weighted by atomic mass is 79.9. The highest BCUT2D eigenvalue weighted by molar-refractivity contribution is 9.10. The summed E-state index contributed by atoms with van der Waals surface area (Å²) >= 11 is 4.38. The Kier molecular flexibility index (Phi) is 3.16. The summed E-state index contributed by atoms with van der Waals surface area (Å²) < 4.78 is 27.0. The van der Waals surface area contributed by atoms with Gasteiger partial charge in [0.15, 0.2) is 11.6 Å². The Balaban J connectivity index is 2.45. The Hall–Kier alpha value is -1.07. The first kappa shape index (κ1) is 11.4. The van der Waals surface area contributed by atoms with Crippen LogP contribution < -0.4 is 0 Å². The molecular weight excluding hydrogens is 298 g/mol. The van der Waals surface area contributed by atoms with Gasteiger partial charge in [-0.15, -0.1) is 11.3 Å². The number of carbonyl (C=O) groups excluding carboxylic acids is 1. The molecule has 1 aromatic carbocycles. The molecular formula is C11H5BrF2OS. The van der Waals surface area contributed by atoms with Crippen molar-refractivity contribution < 1.29 is 13.6 Å². The van der Waals surface area contributed by atoms with Gasteiger partial charge in [-0.3, -0.25) is 4.79 Å². The quantitative estimate of drug-likeness (QED) is 0.766. The van der Waals surface area contributed by atoms with Crippen molar-refractivity contribution >= 4 is 33.0 Å². The molecule has 1 heterocycles. The molecule has 2 rings (SSSR count). The molecule has 0 N–H and O–H groups in total. The van der Waals surface area contributed by atoms with Crippen LogP contribution in [0.25, 0.3) is 0 Å². The number of hydrogen-bond acceptors (Lipinski definition) is 2. The molecule has 16 heavy (non-hydrogen) atoms. The molecule has 0 aliphatic carbocycles.